The van der Waals surface area contributed by atoms with Crippen molar-refractivity contribution >= 4 is 99.0 Å². The molecule has 668 valence electrons. The molecule has 0 aliphatic carbocycles. The van der Waals surface area contributed by atoms with E-state index in [2.05, 4.69) is 232 Å². The standard InChI is InChI=1S/C28H25NO.2C27H23NO.C26H21NO.C19H20N/c1-16-13-17(2)24(15-23(16)21-9-7-6-8-10-21)26-19(4)14-18(3)25-22-12-11-20(5)29-28(22)30-27(25)26;1-16-10-12-21-22-13-11-19(4)28-27(22)29-26(21)25(16)24-15-23(17(2)14-18(24)3)20-8-6-5-7-9-20;1-16-10-12-21(20-8-6-5-7-9-20)15-23(16)25-18(3)14-17(2)24-22-13-11-19(4)28-27(22)29-26(24)25;1-16-9-12-20(19-7-5-4-6-8-19)15-23(16)24-17(2)10-13-21-22-14-11-18(3)27-26(22)28-25(21)24;1-13-11-14(2)15(3)18(12-13)19-17-8-6-5-7-16(17)9-10-20(19)4/h6-15H,1-5H3;2*5-15H,1-4H3;4-15H,1-3H3;5-12H,1-4H3/q;;;;+1/i1D3,3D3;2*2D3;;. The second-order valence-corrected chi connectivity index (χ2v) is 36.1. The Bertz CT molecular complexity index is 9150. The number of aromatic nitrogens is 5. The molecule has 0 fully saturated rings. The molecule has 14 aromatic carbocycles. The van der Waals surface area contributed by atoms with Crippen LogP contribution < -0.4 is 4.57 Å². The maximum Gasteiger partial charge on any atom is 0.227 e. The fraction of sp³-hybridized carbons (Fsp3) is 0.157. The van der Waals surface area contributed by atoms with E-state index in [4.69, 9.17) is 34.1 Å². The average Bonchev–Trinajstić information content (AvgIpc) is 1.53. The number of hydrogen-bond donors (Lipinski definition) is 0. The largest absolute Gasteiger partial charge is 0.437 e. The van der Waals surface area contributed by atoms with Gasteiger partial charge in [0.1, 0.15) is 29.4 Å². The smallest absolute Gasteiger partial charge is 0.227 e. The van der Waals surface area contributed by atoms with Gasteiger partial charge in [-0.1, -0.05) is 224 Å². The summed E-state index contributed by atoms with van der Waals surface area (Å²) < 4.78 is 125. The molecule has 0 unspecified atom stereocenters. The van der Waals surface area contributed by atoms with Crippen LogP contribution in [0.5, 0.6) is 0 Å². The minimum Gasteiger partial charge on any atom is -0.437 e. The van der Waals surface area contributed by atoms with Crippen molar-refractivity contribution in [3.63, 3.8) is 0 Å². The number of benzene rings is 14. The van der Waals surface area contributed by atoms with Gasteiger partial charge in [0.15, 0.2) is 6.20 Å². The molecule has 0 aliphatic heterocycles. The van der Waals surface area contributed by atoms with Crippen molar-refractivity contribution in [1.82, 2.24) is 19.9 Å². The highest BCUT2D eigenvalue weighted by Gasteiger charge is 2.27. The van der Waals surface area contributed by atoms with Gasteiger partial charge in [-0.3, -0.25) is 0 Å². The van der Waals surface area contributed by atoms with Crippen LogP contribution in [0.15, 0.2) is 333 Å². The molecule has 0 atom stereocenters. The molecule has 0 bridgehead atoms. The molecule has 0 radical (unpaired) electrons. The Labute approximate surface area is 813 Å². The highest BCUT2D eigenvalue weighted by molar-refractivity contribution is 6.15. The topological polar surface area (TPSA) is 108 Å². The van der Waals surface area contributed by atoms with Crippen LogP contribution >= 0.6 is 0 Å². The van der Waals surface area contributed by atoms with Crippen molar-refractivity contribution in [2.24, 2.45) is 7.05 Å². The minimum atomic E-state index is -2.35. The number of fused-ring (bicyclic) bond motifs is 13. The Hall–Kier alpha value is -15.7. The van der Waals surface area contributed by atoms with Crippen LogP contribution in [0.1, 0.15) is 123 Å². The fourth-order valence-corrected chi connectivity index (χ4v) is 19.3. The lowest BCUT2D eigenvalue weighted by Crippen LogP contribution is -2.30. The molecule has 0 aliphatic rings. The Balaban J connectivity index is 0.000000118. The van der Waals surface area contributed by atoms with Gasteiger partial charge in [-0.15, -0.1) is 0 Å². The van der Waals surface area contributed by atoms with E-state index < -0.39 is 27.4 Å². The van der Waals surface area contributed by atoms with Gasteiger partial charge < -0.3 is 17.7 Å². The fourth-order valence-electron chi connectivity index (χ4n) is 19.3. The lowest BCUT2D eigenvalue weighted by Gasteiger charge is -2.16. The molecule has 23 aromatic rings. The molecule has 0 spiro atoms. The van der Waals surface area contributed by atoms with Gasteiger partial charge in [0.05, 0.1) is 10.9 Å². The van der Waals surface area contributed by atoms with Gasteiger partial charge in [-0.05, 0) is 366 Å². The first-order chi connectivity index (χ1) is 70.5. The van der Waals surface area contributed by atoms with E-state index in [0.29, 0.717) is 72.4 Å². The normalized spacial score (nSPS) is 13.1. The quantitative estimate of drug-likeness (QED) is 0.132. The van der Waals surface area contributed by atoms with E-state index in [1.165, 1.54) is 66.5 Å². The van der Waals surface area contributed by atoms with Gasteiger partial charge in [0.2, 0.25) is 28.5 Å². The Morgan fingerprint density at radius 3 is 0.993 bits per heavy atom. The zero-order chi connectivity index (χ0) is 105. The number of aryl methyl sites for hydroxylation is 19. The summed E-state index contributed by atoms with van der Waals surface area (Å²) in [6, 6.07) is 103. The molecule has 136 heavy (non-hydrogen) atoms. The van der Waals surface area contributed by atoms with Crippen molar-refractivity contribution in [2.45, 2.75) is 131 Å². The summed E-state index contributed by atoms with van der Waals surface area (Å²) in [5.41, 5.74) is 39.4. The number of pyridine rings is 5. The molecule has 23 rings (SSSR count). The van der Waals surface area contributed by atoms with Gasteiger partial charge in [0, 0.05) is 111 Å². The van der Waals surface area contributed by atoms with Crippen molar-refractivity contribution in [3.05, 3.63) is 422 Å². The van der Waals surface area contributed by atoms with Crippen LogP contribution in [0.4, 0.5) is 0 Å². The highest BCUT2D eigenvalue weighted by Crippen LogP contribution is 2.48. The number of furan rings is 4. The van der Waals surface area contributed by atoms with Crippen LogP contribution in [-0.2, 0) is 7.05 Å². The van der Waals surface area contributed by atoms with Crippen LogP contribution in [0.25, 0.3) is 199 Å². The molecular weight excluding hydrogens is 1660 g/mol. The van der Waals surface area contributed by atoms with Crippen LogP contribution in [0.3, 0.4) is 0 Å². The molecular formula is C127H112N5O4+. The van der Waals surface area contributed by atoms with E-state index in [9.17, 15) is 0 Å². The maximum atomic E-state index is 8.18. The molecule has 9 heterocycles. The molecule has 0 amide bonds. The van der Waals surface area contributed by atoms with E-state index in [-0.39, 0.29) is 11.1 Å². The SMILES string of the molecule is Cc1cc(C)c(C)c(-c2c3ccccc3cc[n+]2C)c1.Cc1ccc2c(n1)oc1c(-c3cc(-c4ccccc4)ccc3C)c(C)ccc12.[2H]C([2H])([2H])c1cc(C)c(-c2c(C)cc(C([2H])([2H])[2H])c3c2oc2nc(C)ccc23)cc1-c1ccccc1.[2H]C([2H])([2H])c1cc(C)c(-c2c(C)ccc3c2oc2nc(C)ccc23)cc1-c1ccccc1.[2H]C([2H])([2H])c1cc(C)c(-c2cc(-c3ccccc3)ccc2C)c2oc3nc(C)ccc3c12. The van der Waals surface area contributed by atoms with Gasteiger partial charge in [0.25, 0.3) is 0 Å². The third kappa shape index (κ3) is 17.1. The third-order valence-electron chi connectivity index (χ3n) is 26.4. The van der Waals surface area contributed by atoms with Crippen molar-refractivity contribution in [2.75, 3.05) is 0 Å². The summed E-state index contributed by atoms with van der Waals surface area (Å²) >= 11 is 0. The van der Waals surface area contributed by atoms with E-state index >= 15 is 0 Å². The predicted octanol–water partition coefficient (Wildman–Crippen LogP) is 34.5. The van der Waals surface area contributed by atoms with Gasteiger partial charge in [-0.2, -0.15) is 0 Å². The summed E-state index contributed by atoms with van der Waals surface area (Å²) in [6.45, 7) is 21.2. The Kier molecular flexibility index (Phi) is 20.6. The Morgan fingerprint density at radius 1 is 0.228 bits per heavy atom. The van der Waals surface area contributed by atoms with Crippen molar-refractivity contribution < 1.29 is 38.7 Å². The van der Waals surface area contributed by atoms with Crippen LogP contribution in [0.2, 0.25) is 0 Å². The summed E-state index contributed by atoms with van der Waals surface area (Å²) in [4.78, 5) is 18.2. The second-order valence-electron chi connectivity index (χ2n) is 36.1. The number of rotatable bonds is 9. The number of hydrogen-bond acceptors (Lipinski definition) is 8. The first-order valence-electron chi connectivity index (χ1n) is 52.0. The molecule has 0 saturated heterocycles. The average molecular weight is 1780 g/mol. The van der Waals surface area contributed by atoms with E-state index in [1.807, 2.05) is 195 Å². The zero-order valence-electron chi connectivity index (χ0n) is 91.4. The first-order valence-corrected chi connectivity index (χ1v) is 46.0. The first kappa shape index (κ1) is 75.8. The van der Waals surface area contributed by atoms with Crippen molar-refractivity contribution in [3.8, 4) is 100 Å². The van der Waals surface area contributed by atoms with Gasteiger partial charge >= 0.3 is 0 Å². The van der Waals surface area contributed by atoms with Gasteiger partial charge in [-0.25, -0.2) is 24.5 Å². The van der Waals surface area contributed by atoms with Crippen LogP contribution in [-0.4, -0.2) is 19.9 Å². The number of nitrogens with zero attached hydrogens (tertiary/aromatic N) is 5. The van der Waals surface area contributed by atoms with Crippen molar-refractivity contribution in [1.29, 1.82) is 0 Å². The van der Waals surface area contributed by atoms with E-state index in [0.717, 1.165) is 155 Å². The molecule has 0 N–H and O–H groups in total. The summed E-state index contributed by atoms with van der Waals surface area (Å²) in [5, 5.41) is 9.28. The molecule has 9 heteroatoms. The summed E-state index contributed by atoms with van der Waals surface area (Å²) in [7, 11) is 2.12. The highest BCUT2D eigenvalue weighted by atomic mass is 16.4. The second kappa shape index (κ2) is 37.0. The molecule has 9 aromatic heterocycles. The predicted molar refractivity (Wildman–Crippen MR) is 570 cm³/mol. The van der Waals surface area contributed by atoms with Crippen LogP contribution in [0, 0.1) is 131 Å². The zero-order valence-corrected chi connectivity index (χ0v) is 79.4. The maximum absolute atomic E-state index is 8.18. The lowest BCUT2D eigenvalue weighted by atomic mass is 9.88. The Morgan fingerprint density at radius 2 is 0.574 bits per heavy atom. The minimum absolute atomic E-state index is 0.211. The summed E-state index contributed by atoms with van der Waals surface area (Å²) in [6.07, 6.45) is 2.15. The third-order valence-corrected chi connectivity index (χ3v) is 26.4. The summed E-state index contributed by atoms with van der Waals surface area (Å²) in [5.74, 6) is 0. The molecule has 0 saturated carbocycles. The van der Waals surface area contributed by atoms with E-state index in [1.54, 1.807) is 24.3 Å². The molecule has 9 nitrogen and oxygen atoms in total. The monoisotopic (exact) mass is 1780 g/mol. The lowest BCUT2D eigenvalue weighted by molar-refractivity contribution is -0.659.